The van der Waals surface area contributed by atoms with Crippen molar-refractivity contribution in [2.75, 3.05) is 13.2 Å². The molecule has 9 heteroatoms. The van der Waals surface area contributed by atoms with Crippen LogP contribution in [-0.2, 0) is 12.3 Å². The Kier molecular flexibility index (Phi) is 5.33. The van der Waals surface area contributed by atoms with Crippen LogP contribution in [0.1, 0.15) is 18.4 Å². The first-order chi connectivity index (χ1) is 15.2. The summed E-state index contributed by atoms with van der Waals surface area (Å²) in [7, 11) is 0. The van der Waals surface area contributed by atoms with E-state index in [0.29, 0.717) is 30.7 Å². The molecule has 0 amide bonds. The Morgan fingerprint density at radius 3 is 2.55 bits per heavy atom. The Morgan fingerprint density at radius 1 is 0.968 bits per heavy atom. The SMILES string of the molecule is CCn1c(SCc2nc(-c3ccc(C)cc3)no2)nnc1-c1ccc2c(c1)OCCO2. The van der Waals surface area contributed by atoms with Crippen LogP contribution in [0.2, 0.25) is 0 Å². The summed E-state index contributed by atoms with van der Waals surface area (Å²) in [5.41, 5.74) is 3.06. The molecular formula is C22H21N5O3S. The fraction of sp³-hybridized carbons (Fsp3) is 0.273. The smallest absolute Gasteiger partial charge is 0.237 e. The normalized spacial score (nSPS) is 12.8. The second kappa shape index (κ2) is 8.43. The van der Waals surface area contributed by atoms with Gasteiger partial charge in [0.2, 0.25) is 11.7 Å². The van der Waals surface area contributed by atoms with E-state index in [2.05, 4.69) is 31.8 Å². The average molecular weight is 436 g/mol. The second-order valence-corrected chi connectivity index (χ2v) is 8.02. The number of rotatable bonds is 6. The van der Waals surface area contributed by atoms with E-state index in [1.165, 1.54) is 17.3 Å². The molecule has 2 aromatic carbocycles. The van der Waals surface area contributed by atoms with Crippen molar-refractivity contribution in [2.24, 2.45) is 0 Å². The van der Waals surface area contributed by atoms with Gasteiger partial charge in [-0.15, -0.1) is 10.2 Å². The summed E-state index contributed by atoms with van der Waals surface area (Å²) < 4.78 is 18.8. The molecule has 158 valence electrons. The van der Waals surface area contributed by atoms with E-state index in [1.54, 1.807) is 0 Å². The Morgan fingerprint density at radius 2 is 1.74 bits per heavy atom. The van der Waals surface area contributed by atoms with E-state index >= 15 is 0 Å². The number of hydrogen-bond donors (Lipinski definition) is 0. The summed E-state index contributed by atoms with van der Waals surface area (Å²) in [4.78, 5) is 4.51. The van der Waals surface area contributed by atoms with Crippen molar-refractivity contribution < 1.29 is 14.0 Å². The highest BCUT2D eigenvalue weighted by atomic mass is 32.2. The van der Waals surface area contributed by atoms with Crippen LogP contribution in [0.5, 0.6) is 11.5 Å². The minimum atomic E-state index is 0.512. The fourth-order valence-electron chi connectivity index (χ4n) is 3.34. The Bertz CT molecular complexity index is 1200. The highest BCUT2D eigenvalue weighted by Gasteiger charge is 2.18. The van der Waals surface area contributed by atoms with E-state index in [1.807, 2.05) is 49.4 Å². The third-order valence-corrected chi connectivity index (χ3v) is 5.89. The van der Waals surface area contributed by atoms with Gasteiger partial charge in [-0.05, 0) is 32.0 Å². The van der Waals surface area contributed by atoms with Crippen molar-refractivity contribution in [3.8, 4) is 34.3 Å². The van der Waals surface area contributed by atoms with Crippen molar-refractivity contribution in [2.45, 2.75) is 31.3 Å². The van der Waals surface area contributed by atoms with E-state index < -0.39 is 0 Å². The first-order valence-corrected chi connectivity index (χ1v) is 11.1. The zero-order valence-corrected chi connectivity index (χ0v) is 18.1. The molecule has 3 heterocycles. The van der Waals surface area contributed by atoms with Gasteiger partial charge in [0.15, 0.2) is 22.5 Å². The van der Waals surface area contributed by atoms with Crippen molar-refractivity contribution in [3.63, 3.8) is 0 Å². The molecule has 2 aromatic heterocycles. The molecule has 0 spiro atoms. The van der Waals surface area contributed by atoms with Crippen LogP contribution in [-0.4, -0.2) is 38.1 Å². The van der Waals surface area contributed by atoms with Gasteiger partial charge in [-0.25, -0.2) is 0 Å². The van der Waals surface area contributed by atoms with Crippen molar-refractivity contribution in [1.82, 2.24) is 24.9 Å². The highest BCUT2D eigenvalue weighted by molar-refractivity contribution is 7.98. The number of fused-ring (bicyclic) bond motifs is 1. The molecule has 0 saturated heterocycles. The molecule has 0 atom stereocenters. The minimum absolute atomic E-state index is 0.512. The maximum atomic E-state index is 5.70. The van der Waals surface area contributed by atoms with Crippen LogP contribution in [0.25, 0.3) is 22.8 Å². The van der Waals surface area contributed by atoms with Gasteiger partial charge >= 0.3 is 0 Å². The van der Waals surface area contributed by atoms with Crippen LogP contribution in [0, 0.1) is 6.92 Å². The van der Waals surface area contributed by atoms with Gasteiger partial charge in [-0.1, -0.05) is 46.7 Å². The van der Waals surface area contributed by atoms with Gasteiger partial charge in [0, 0.05) is 17.7 Å². The molecule has 5 rings (SSSR count). The maximum Gasteiger partial charge on any atom is 0.237 e. The third-order valence-electron chi connectivity index (χ3n) is 4.94. The monoisotopic (exact) mass is 435 g/mol. The minimum Gasteiger partial charge on any atom is -0.486 e. The molecule has 0 bridgehead atoms. The molecule has 0 N–H and O–H groups in total. The molecule has 1 aliphatic rings. The Balaban J connectivity index is 1.33. The molecule has 1 aliphatic heterocycles. The van der Waals surface area contributed by atoms with Crippen LogP contribution < -0.4 is 9.47 Å². The molecule has 0 unspecified atom stereocenters. The summed E-state index contributed by atoms with van der Waals surface area (Å²) >= 11 is 1.52. The lowest BCUT2D eigenvalue weighted by atomic mass is 10.1. The highest BCUT2D eigenvalue weighted by Crippen LogP contribution is 2.35. The number of benzene rings is 2. The molecule has 0 fully saturated rings. The number of thioether (sulfide) groups is 1. The lowest BCUT2D eigenvalue weighted by Gasteiger charge is -2.18. The van der Waals surface area contributed by atoms with Crippen LogP contribution in [0.15, 0.2) is 52.1 Å². The summed E-state index contributed by atoms with van der Waals surface area (Å²) in [6.45, 7) is 5.96. The first-order valence-electron chi connectivity index (χ1n) is 10.1. The van der Waals surface area contributed by atoms with E-state index in [0.717, 1.165) is 40.2 Å². The zero-order valence-electron chi connectivity index (χ0n) is 17.2. The van der Waals surface area contributed by atoms with Gasteiger partial charge in [0.1, 0.15) is 13.2 Å². The molecule has 0 radical (unpaired) electrons. The molecular weight excluding hydrogens is 414 g/mol. The third kappa shape index (κ3) is 4.00. The van der Waals surface area contributed by atoms with Crippen LogP contribution >= 0.6 is 11.8 Å². The lowest BCUT2D eigenvalue weighted by molar-refractivity contribution is 0.171. The van der Waals surface area contributed by atoms with Gasteiger partial charge in [-0.2, -0.15) is 4.98 Å². The predicted molar refractivity (Wildman–Crippen MR) is 116 cm³/mol. The molecule has 0 aliphatic carbocycles. The number of aromatic nitrogens is 5. The number of ether oxygens (including phenoxy) is 2. The number of hydrogen-bond acceptors (Lipinski definition) is 8. The van der Waals surface area contributed by atoms with Gasteiger partial charge < -0.3 is 18.6 Å². The van der Waals surface area contributed by atoms with Crippen molar-refractivity contribution in [3.05, 3.63) is 53.9 Å². The Labute approximate surface area is 183 Å². The van der Waals surface area contributed by atoms with Crippen LogP contribution in [0.4, 0.5) is 0 Å². The summed E-state index contributed by atoms with van der Waals surface area (Å²) in [5.74, 6) is 3.92. The summed E-state index contributed by atoms with van der Waals surface area (Å²) in [6.07, 6.45) is 0. The van der Waals surface area contributed by atoms with E-state index in [4.69, 9.17) is 14.0 Å². The predicted octanol–water partition coefficient (Wildman–Crippen LogP) is 4.39. The maximum absolute atomic E-state index is 5.70. The summed E-state index contributed by atoms with van der Waals surface area (Å²) in [5, 5.41) is 13.7. The molecule has 4 aromatic rings. The summed E-state index contributed by atoms with van der Waals surface area (Å²) in [6, 6.07) is 13.9. The first kappa shape index (κ1) is 19.6. The molecule has 0 saturated carbocycles. The van der Waals surface area contributed by atoms with Crippen molar-refractivity contribution in [1.29, 1.82) is 0 Å². The number of nitrogens with zero attached hydrogens (tertiary/aromatic N) is 5. The van der Waals surface area contributed by atoms with Crippen LogP contribution in [0.3, 0.4) is 0 Å². The average Bonchev–Trinajstić information content (AvgIpc) is 3.44. The lowest BCUT2D eigenvalue weighted by Crippen LogP contribution is -2.15. The standard InChI is InChI=1S/C22H21N5O3S/c1-3-27-21(16-8-9-17-18(12-16)29-11-10-28-17)24-25-22(27)31-13-19-23-20(26-30-19)15-6-4-14(2)5-7-15/h4-9,12H,3,10-11,13H2,1-2H3. The largest absolute Gasteiger partial charge is 0.486 e. The quantitative estimate of drug-likeness (QED) is 0.412. The zero-order chi connectivity index (χ0) is 21.2. The molecule has 31 heavy (non-hydrogen) atoms. The molecule has 8 nitrogen and oxygen atoms in total. The van der Waals surface area contributed by atoms with E-state index in [-0.39, 0.29) is 0 Å². The fourth-order valence-corrected chi connectivity index (χ4v) is 4.18. The second-order valence-electron chi connectivity index (χ2n) is 7.08. The topological polar surface area (TPSA) is 88.1 Å². The van der Waals surface area contributed by atoms with Gasteiger partial charge in [0.25, 0.3) is 0 Å². The van der Waals surface area contributed by atoms with E-state index in [9.17, 15) is 0 Å². The van der Waals surface area contributed by atoms with Gasteiger partial charge in [-0.3, -0.25) is 0 Å². The Hall–Kier alpha value is -3.33. The van der Waals surface area contributed by atoms with Crippen molar-refractivity contribution >= 4 is 11.8 Å². The van der Waals surface area contributed by atoms with Gasteiger partial charge in [0.05, 0.1) is 5.75 Å². The number of aryl methyl sites for hydroxylation is 1.